The highest BCUT2D eigenvalue weighted by atomic mass is 32.2. The number of benzene rings is 2. The Labute approximate surface area is 134 Å². The molecule has 1 aliphatic carbocycles. The summed E-state index contributed by atoms with van der Waals surface area (Å²) in [5.41, 5.74) is 0. The standard InChI is InChI=1S/C18H18OS2/c19-18-16(20-14-8-3-1-4-9-14)12-7-13-17(18)21-15-10-5-2-6-11-15/h1-6,8-11,16-17H,7,12-13H2. The molecule has 3 heteroatoms. The molecule has 2 unspecified atom stereocenters. The van der Waals surface area contributed by atoms with E-state index in [2.05, 4.69) is 24.3 Å². The summed E-state index contributed by atoms with van der Waals surface area (Å²) in [6.45, 7) is 0. The third-order valence-electron chi connectivity index (χ3n) is 3.61. The predicted octanol–water partition coefficient (Wildman–Crippen LogP) is 5.06. The average Bonchev–Trinajstić information content (AvgIpc) is 2.53. The highest BCUT2D eigenvalue weighted by Gasteiger charge is 2.32. The summed E-state index contributed by atoms with van der Waals surface area (Å²) < 4.78 is 0. The van der Waals surface area contributed by atoms with Crippen molar-refractivity contribution in [1.82, 2.24) is 0 Å². The molecule has 3 rings (SSSR count). The van der Waals surface area contributed by atoms with E-state index in [1.807, 2.05) is 36.4 Å². The van der Waals surface area contributed by atoms with Crippen LogP contribution in [-0.2, 0) is 4.79 Å². The maximum absolute atomic E-state index is 12.7. The number of thioether (sulfide) groups is 2. The van der Waals surface area contributed by atoms with E-state index in [-0.39, 0.29) is 10.5 Å². The second kappa shape index (κ2) is 7.19. The lowest BCUT2D eigenvalue weighted by molar-refractivity contribution is -0.119. The molecule has 0 spiro atoms. The molecule has 0 bridgehead atoms. The van der Waals surface area contributed by atoms with Gasteiger partial charge in [-0.1, -0.05) is 42.8 Å². The van der Waals surface area contributed by atoms with Crippen LogP contribution in [0.2, 0.25) is 0 Å². The number of ketones is 1. The number of carbonyl (C=O) groups excluding carboxylic acids is 1. The van der Waals surface area contributed by atoms with Gasteiger partial charge >= 0.3 is 0 Å². The first-order valence-electron chi connectivity index (χ1n) is 7.30. The van der Waals surface area contributed by atoms with E-state index >= 15 is 0 Å². The minimum atomic E-state index is 0.113. The number of carbonyl (C=O) groups is 1. The molecule has 1 saturated carbocycles. The van der Waals surface area contributed by atoms with Gasteiger partial charge in [0.1, 0.15) is 0 Å². The van der Waals surface area contributed by atoms with E-state index in [4.69, 9.17) is 0 Å². The van der Waals surface area contributed by atoms with Crippen LogP contribution in [0.25, 0.3) is 0 Å². The zero-order valence-corrected chi connectivity index (χ0v) is 13.4. The molecular weight excluding hydrogens is 296 g/mol. The van der Waals surface area contributed by atoms with Crippen LogP contribution in [0.5, 0.6) is 0 Å². The summed E-state index contributed by atoms with van der Waals surface area (Å²) in [7, 11) is 0. The predicted molar refractivity (Wildman–Crippen MR) is 91.0 cm³/mol. The Morgan fingerprint density at radius 2 is 1.14 bits per heavy atom. The van der Waals surface area contributed by atoms with Gasteiger partial charge in [-0.25, -0.2) is 0 Å². The zero-order chi connectivity index (χ0) is 14.5. The zero-order valence-electron chi connectivity index (χ0n) is 11.8. The molecule has 0 aliphatic heterocycles. The van der Waals surface area contributed by atoms with Crippen LogP contribution < -0.4 is 0 Å². The first kappa shape index (κ1) is 14.7. The van der Waals surface area contributed by atoms with Gasteiger partial charge in [0.25, 0.3) is 0 Å². The summed E-state index contributed by atoms with van der Waals surface area (Å²) in [5, 5.41) is 0.227. The van der Waals surface area contributed by atoms with E-state index in [0.717, 1.165) is 19.3 Å². The van der Waals surface area contributed by atoms with Gasteiger partial charge in [0.15, 0.2) is 5.78 Å². The molecule has 0 heterocycles. The van der Waals surface area contributed by atoms with Gasteiger partial charge in [-0.2, -0.15) is 0 Å². The molecule has 0 aromatic heterocycles. The first-order valence-corrected chi connectivity index (χ1v) is 9.06. The fraction of sp³-hybridized carbons (Fsp3) is 0.278. The Bertz CT molecular complexity index is 531. The molecule has 2 aromatic carbocycles. The van der Waals surface area contributed by atoms with Gasteiger partial charge in [0.2, 0.25) is 0 Å². The minimum Gasteiger partial charge on any atom is -0.297 e. The Kier molecular flexibility index (Phi) is 5.04. The molecule has 21 heavy (non-hydrogen) atoms. The largest absolute Gasteiger partial charge is 0.297 e. The normalized spacial score (nSPS) is 22.2. The summed E-state index contributed by atoms with van der Waals surface area (Å²) in [6.07, 6.45) is 3.15. The number of hydrogen-bond donors (Lipinski definition) is 0. The van der Waals surface area contributed by atoms with Gasteiger partial charge in [0.05, 0.1) is 10.5 Å². The van der Waals surface area contributed by atoms with Gasteiger partial charge < -0.3 is 0 Å². The van der Waals surface area contributed by atoms with E-state index in [1.54, 1.807) is 23.5 Å². The van der Waals surface area contributed by atoms with E-state index in [0.29, 0.717) is 5.78 Å². The van der Waals surface area contributed by atoms with Crippen LogP contribution in [0.15, 0.2) is 70.5 Å². The number of rotatable bonds is 4. The maximum Gasteiger partial charge on any atom is 0.159 e. The lowest BCUT2D eigenvalue weighted by Gasteiger charge is -2.27. The Balaban J connectivity index is 1.66. The van der Waals surface area contributed by atoms with Crippen molar-refractivity contribution >= 4 is 29.3 Å². The SMILES string of the molecule is O=C1C(Sc2ccccc2)CCCC1Sc1ccccc1. The molecule has 1 nitrogen and oxygen atoms in total. The number of hydrogen-bond acceptors (Lipinski definition) is 3. The Morgan fingerprint density at radius 1 is 0.714 bits per heavy atom. The average molecular weight is 314 g/mol. The van der Waals surface area contributed by atoms with Crippen LogP contribution in [0.3, 0.4) is 0 Å². The lowest BCUT2D eigenvalue weighted by atomic mass is 9.98. The smallest absolute Gasteiger partial charge is 0.159 e. The highest BCUT2D eigenvalue weighted by molar-refractivity contribution is 8.02. The fourth-order valence-corrected chi connectivity index (χ4v) is 5.04. The van der Waals surface area contributed by atoms with Crippen molar-refractivity contribution in [2.75, 3.05) is 0 Å². The Morgan fingerprint density at radius 3 is 1.57 bits per heavy atom. The van der Waals surface area contributed by atoms with Crippen molar-refractivity contribution in [1.29, 1.82) is 0 Å². The summed E-state index contributed by atoms with van der Waals surface area (Å²) in [5.74, 6) is 0.406. The lowest BCUT2D eigenvalue weighted by Crippen LogP contribution is -2.32. The van der Waals surface area contributed by atoms with Crippen molar-refractivity contribution in [3.05, 3.63) is 60.7 Å². The molecule has 2 aromatic rings. The van der Waals surface area contributed by atoms with Crippen molar-refractivity contribution in [2.24, 2.45) is 0 Å². The Hall–Kier alpha value is -1.19. The van der Waals surface area contributed by atoms with Crippen molar-refractivity contribution < 1.29 is 4.79 Å². The van der Waals surface area contributed by atoms with Gasteiger partial charge in [-0.3, -0.25) is 4.79 Å². The molecule has 2 atom stereocenters. The van der Waals surface area contributed by atoms with Crippen LogP contribution in [0.4, 0.5) is 0 Å². The van der Waals surface area contributed by atoms with E-state index < -0.39 is 0 Å². The van der Waals surface area contributed by atoms with E-state index in [1.165, 1.54) is 9.79 Å². The topological polar surface area (TPSA) is 17.1 Å². The van der Waals surface area contributed by atoms with Gasteiger partial charge in [0, 0.05) is 9.79 Å². The maximum atomic E-state index is 12.7. The third-order valence-corrected chi connectivity index (χ3v) is 6.20. The number of Topliss-reactive ketones (excluding diaryl/α,β-unsaturated/α-hetero) is 1. The highest BCUT2D eigenvalue weighted by Crippen LogP contribution is 2.37. The quantitative estimate of drug-likeness (QED) is 0.785. The van der Waals surface area contributed by atoms with Gasteiger partial charge in [-0.05, 0) is 37.1 Å². The summed E-state index contributed by atoms with van der Waals surface area (Å²) in [4.78, 5) is 15.1. The summed E-state index contributed by atoms with van der Waals surface area (Å²) in [6, 6.07) is 20.5. The second-order valence-corrected chi connectivity index (χ2v) is 7.72. The summed E-state index contributed by atoms with van der Waals surface area (Å²) >= 11 is 3.45. The van der Waals surface area contributed by atoms with Crippen molar-refractivity contribution in [2.45, 2.75) is 39.6 Å². The third kappa shape index (κ3) is 3.92. The van der Waals surface area contributed by atoms with Crippen molar-refractivity contribution in [3.8, 4) is 0 Å². The second-order valence-electron chi connectivity index (χ2n) is 5.17. The van der Waals surface area contributed by atoms with Crippen LogP contribution in [-0.4, -0.2) is 16.3 Å². The van der Waals surface area contributed by atoms with Crippen LogP contribution >= 0.6 is 23.5 Å². The monoisotopic (exact) mass is 314 g/mol. The molecule has 1 fully saturated rings. The molecular formula is C18H18OS2. The first-order chi connectivity index (χ1) is 10.3. The van der Waals surface area contributed by atoms with Crippen molar-refractivity contribution in [3.63, 3.8) is 0 Å². The van der Waals surface area contributed by atoms with Crippen LogP contribution in [0, 0.1) is 0 Å². The molecule has 1 aliphatic rings. The molecule has 0 amide bonds. The van der Waals surface area contributed by atoms with Gasteiger partial charge in [-0.15, -0.1) is 23.5 Å². The van der Waals surface area contributed by atoms with E-state index in [9.17, 15) is 4.79 Å². The molecule has 0 saturated heterocycles. The molecule has 108 valence electrons. The minimum absolute atomic E-state index is 0.113. The fourth-order valence-electron chi connectivity index (χ4n) is 2.54. The molecule has 0 N–H and O–H groups in total. The van der Waals surface area contributed by atoms with Crippen LogP contribution in [0.1, 0.15) is 19.3 Å². The molecule has 0 radical (unpaired) electrons.